The molecule has 0 aromatic heterocycles. The van der Waals surface area contributed by atoms with Gasteiger partial charge in [0.25, 0.3) is 0 Å². The second-order valence-corrected chi connectivity index (χ2v) is 3.12. The number of unbranched alkanes of at least 4 members (excludes halogenated alkanes) is 2. The van der Waals surface area contributed by atoms with Crippen LogP contribution in [0.4, 0.5) is 0 Å². The molecule has 3 heteroatoms. The van der Waals surface area contributed by atoms with Crippen LogP contribution in [0.3, 0.4) is 0 Å². The van der Waals surface area contributed by atoms with Crippen molar-refractivity contribution in [3.63, 3.8) is 0 Å². The van der Waals surface area contributed by atoms with Crippen molar-refractivity contribution in [3.05, 3.63) is 0 Å². The molecule has 0 amide bonds. The molecule has 1 N–H and O–H groups in total. The standard InChI is InChI=1S/C9H18O3/c1-8(2)12-7-5-3-4-6-9(10)11/h8H,3-7H2,1-2H3,(H,10,11). The van der Waals surface area contributed by atoms with E-state index in [1.807, 2.05) is 13.8 Å². The highest BCUT2D eigenvalue weighted by molar-refractivity contribution is 5.66. The van der Waals surface area contributed by atoms with Gasteiger partial charge >= 0.3 is 5.97 Å². The van der Waals surface area contributed by atoms with Gasteiger partial charge in [-0.25, -0.2) is 0 Å². The molecule has 0 radical (unpaired) electrons. The molecule has 0 bridgehead atoms. The lowest BCUT2D eigenvalue weighted by molar-refractivity contribution is -0.137. The number of carboxylic acids is 1. The Morgan fingerprint density at radius 1 is 1.33 bits per heavy atom. The smallest absolute Gasteiger partial charge is 0.303 e. The van der Waals surface area contributed by atoms with Gasteiger partial charge in [-0.1, -0.05) is 6.42 Å². The van der Waals surface area contributed by atoms with Gasteiger partial charge in [-0.3, -0.25) is 4.79 Å². The molecule has 0 unspecified atom stereocenters. The van der Waals surface area contributed by atoms with Gasteiger partial charge in [0.05, 0.1) is 6.10 Å². The normalized spacial score (nSPS) is 10.6. The predicted octanol–water partition coefficient (Wildman–Crippen LogP) is 2.06. The van der Waals surface area contributed by atoms with Gasteiger partial charge < -0.3 is 9.84 Å². The number of hydrogen-bond donors (Lipinski definition) is 1. The maximum Gasteiger partial charge on any atom is 0.303 e. The zero-order valence-corrected chi connectivity index (χ0v) is 7.88. The average molecular weight is 174 g/mol. The largest absolute Gasteiger partial charge is 0.481 e. The number of ether oxygens (including phenoxy) is 1. The van der Waals surface area contributed by atoms with E-state index in [1.165, 1.54) is 0 Å². The van der Waals surface area contributed by atoms with Crippen LogP contribution in [-0.2, 0) is 9.53 Å². The maximum absolute atomic E-state index is 10.1. The molecule has 3 nitrogen and oxygen atoms in total. The molecule has 12 heavy (non-hydrogen) atoms. The Morgan fingerprint density at radius 2 is 2.00 bits per heavy atom. The fourth-order valence-electron chi connectivity index (χ4n) is 0.874. The van der Waals surface area contributed by atoms with Gasteiger partial charge in [0.15, 0.2) is 0 Å². The van der Waals surface area contributed by atoms with Gasteiger partial charge in [0, 0.05) is 13.0 Å². The van der Waals surface area contributed by atoms with E-state index < -0.39 is 5.97 Å². The topological polar surface area (TPSA) is 46.5 Å². The quantitative estimate of drug-likeness (QED) is 0.601. The van der Waals surface area contributed by atoms with Crippen LogP contribution in [0.15, 0.2) is 0 Å². The summed E-state index contributed by atoms with van der Waals surface area (Å²) < 4.78 is 5.30. The van der Waals surface area contributed by atoms with Gasteiger partial charge in [-0.15, -0.1) is 0 Å². The summed E-state index contributed by atoms with van der Waals surface area (Å²) in [5.41, 5.74) is 0. The lowest BCUT2D eigenvalue weighted by Crippen LogP contribution is -2.03. The summed E-state index contributed by atoms with van der Waals surface area (Å²) in [6, 6.07) is 0. The van der Waals surface area contributed by atoms with Crippen molar-refractivity contribution < 1.29 is 14.6 Å². The molecule has 0 aliphatic heterocycles. The Morgan fingerprint density at radius 3 is 2.50 bits per heavy atom. The Balaban J connectivity index is 2.96. The van der Waals surface area contributed by atoms with Crippen molar-refractivity contribution in [1.82, 2.24) is 0 Å². The molecule has 0 aliphatic carbocycles. The first-order chi connectivity index (χ1) is 5.63. The van der Waals surface area contributed by atoms with E-state index >= 15 is 0 Å². The van der Waals surface area contributed by atoms with Crippen molar-refractivity contribution >= 4 is 5.97 Å². The van der Waals surface area contributed by atoms with Crippen LogP contribution in [0.5, 0.6) is 0 Å². The Labute approximate surface area is 73.7 Å². The molecule has 72 valence electrons. The zero-order valence-electron chi connectivity index (χ0n) is 7.88. The van der Waals surface area contributed by atoms with Crippen LogP contribution in [0.1, 0.15) is 39.5 Å². The molecule has 0 fully saturated rings. The maximum atomic E-state index is 10.1. The van der Waals surface area contributed by atoms with E-state index in [1.54, 1.807) is 0 Å². The Hall–Kier alpha value is -0.570. The Kier molecular flexibility index (Phi) is 6.76. The number of carboxylic acid groups (broad SMARTS) is 1. The molecule has 0 aromatic rings. The lowest BCUT2D eigenvalue weighted by atomic mass is 10.2. The minimum absolute atomic E-state index is 0.279. The van der Waals surface area contributed by atoms with E-state index in [-0.39, 0.29) is 12.5 Å². The second-order valence-electron chi connectivity index (χ2n) is 3.12. The minimum atomic E-state index is -0.709. The molecular weight excluding hydrogens is 156 g/mol. The summed E-state index contributed by atoms with van der Waals surface area (Å²) in [7, 11) is 0. The van der Waals surface area contributed by atoms with Crippen LogP contribution in [-0.4, -0.2) is 23.8 Å². The van der Waals surface area contributed by atoms with Crippen molar-refractivity contribution in [1.29, 1.82) is 0 Å². The molecule has 0 spiro atoms. The number of carbonyl (C=O) groups is 1. The highest BCUT2D eigenvalue weighted by atomic mass is 16.5. The molecular formula is C9H18O3. The molecule has 0 saturated heterocycles. The third kappa shape index (κ3) is 9.43. The van der Waals surface area contributed by atoms with E-state index in [0.717, 1.165) is 25.9 Å². The number of rotatable bonds is 7. The van der Waals surface area contributed by atoms with Crippen molar-refractivity contribution in [3.8, 4) is 0 Å². The molecule has 0 atom stereocenters. The van der Waals surface area contributed by atoms with Crippen LogP contribution in [0, 0.1) is 0 Å². The Bertz CT molecular complexity index is 121. The van der Waals surface area contributed by atoms with Crippen LogP contribution >= 0.6 is 0 Å². The predicted molar refractivity (Wildman–Crippen MR) is 47.2 cm³/mol. The summed E-state index contributed by atoms with van der Waals surface area (Å²) >= 11 is 0. The molecule has 0 heterocycles. The van der Waals surface area contributed by atoms with Crippen molar-refractivity contribution in [2.75, 3.05) is 6.61 Å². The van der Waals surface area contributed by atoms with Crippen LogP contribution in [0.2, 0.25) is 0 Å². The third-order valence-corrected chi connectivity index (χ3v) is 1.49. The van der Waals surface area contributed by atoms with E-state index in [0.29, 0.717) is 0 Å². The number of aliphatic carboxylic acids is 1. The highest BCUT2D eigenvalue weighted by Crippen LogP contribution is 2.01. The monoisotopic (exact) mass is 174 g/mol. The van der Waals surface area contributed by atoms with Crippen molar-refractivity contribution in [2.45, 2.75) is 45.6 Å². The summed E-state index contributed by atoms with van der Waals surface area (Å²) in [5.74, 6) is -0.709. The zero-order chi connectivity index (χ0) is 9.40. The van der Waals surface area contributed by atoms with Crippen molar-refractivity contribution in [2.24, 2.45) is 0 Å². The van der Waals surface area contributed by atoms with Gasteiger partial charge in [0.2, 0.25) is 0 Å². The first kappa shape index (κ1) is 11.4. The van der Waals surface area contributed by atoms with Crippen LogP contribution in [0.25, 0.3) is 0 Å². The fourth-order valence-corrected chi connectivity index (χ4v) is 0.874. The summed E-state index contributed by atoms with van der Waals surface area (Å²) in [4.78, 5) is 10.1. The third-order valence-electron chi connectivity index (χ3n) is 1.49. The number of hydrogen-bond acceptors (Lipinski definition) is 2. The lowest BCUT2D eigenvalue weighted by Gasteiger charge is -2.05. The van der Waals surface area contributed by atoms with Gasteiger partial charge in [-0.2, -0.15) is 0 Å². The first-order valence-electron chi connectivity index (χ1n) is 4.46. The molecule has 0 saturated carbocycles. The highest BCUT2D eigenvalue weighted by Gasteiger charge is 1.97. The summed E-state index contributed by atoms with van der Waals surface area (Å²) in [6.07, 6.45) is 3.23. The molecule has 0 rings (SSSR count). The molecule has 0 aromatic carbocycles. The SMILES string of the molecule is CC(C)OCCCCCC(=O)O. The molecule has 0 aliphatic rings. The van der Waals surface area contributed by atoms with Crippen LogP contribution < -0.4 is 0 Å². The second kappa shape index (κ2) is 7.10. The van der Waals surface area contributed by atoms with E-state index in [2.05, 4.69) is 0 Å². The van der Waals surface area contributed by atoms with E-state index in [9.17, 15) is 4.79 Å². The first-order valence-corrected chi connectivity index (χ1v) is 4.46. The minimum Gasteiger partial charge on any atom is -0.481 e. The average Bonchev–Trinajstić information content (AvgIpc) is 1.95. The summed E-state index contributed by atoms with van der Waals surface area (Å²) in [5, 5.41) is 8.33. The van der Waals surface area contributed by atoms with Gasteiger partial charge in [-0.05, 0) is 26.7 Å². The fraction of sp³-hybridized carbons (Fsp3) is 0.889. The van der Waals surface area contributed by atoms with Gasteiger partial charge in [0.1, 0.15) is 0 Å². The van der Waals surface area contributed by atoms with E-state index in [4.69, 9.17) is 9.84 Å². The summed E-state index contributed by atoms with van der Waals surface area (Å²) in [6.45, 7) is 4.74.